The van der Waals surface area contributed by atoms with E-state index in [9.17, 15) is 4.79 Å². The number of nitrogens with zero attached hydrogens (tertiary/aromatic N) is 1. The lowest BCUT2D eigenvalue weighted by Crippen LogP contribution is -2.41. The van der Waals surface area contributed by atoms with Gasteiger partial charge < -0.3 is 9.15 Å². The minimum absolute atomic E-state index is 0.325. The van der Waals surface area contributed by atoms with Crippen LogP contribution in [0.1, 0.15) is 43.2 Å². The first-order chi connectivity index (χ1) is 11.1. The smallest absolute Gasteiger partial charge is 0.336 e. The van der Waals surface area contributed by atoms with E-state index in [4.69, 9.17) is 20.8 Å². The molecule has 4 nitrogen and oxygen atoms in total. The van der Waals surface area contributed by atoms with Crippen LogP contribution in [0.15, 0.2) is 21.3 Å². The Labute approximate surface area is 140 Å². The zero-order chi connectivity index (χ0) is 16.0. The Hall–Kier alpha value is -1.52. The van der Waals surface area contributed by atoms with Crippen molar-refractivity contribution >= 4 is 22.6 Å². The van der Waals surface area contributed by atoms with E-state index in [1.807, 2.05) is 13.0 Å². The summed E-state index contributed by atoms with van der Waals surface area (Å²) in [6.45, 7) is 3.19. The van der Waals surface area contributed by atoms with Crippen molar-refractivity contribution in [3.63, 3.8) is 0 Å². The maximum absolute atomic E-state index is 11.8. The van der Waals surface area contributed by atoms with E-state index in [0.29, 0.717) is 29.1 Å². The van der Waals surface area contributed by atoms with Gasteiger partial charge in [0, 0.05) is 24.0 Å². The van der Waals surface area contributed by atoms with Crippen LogP contribution in [0.25, 0.3) is 11.0 Å². The van der Waals surface area contributed by atoms with Gasteiger partial charge in [-0.25, -0.2) is 4.79 Å². The maximum Gasteiger partial charge on any atom is 0.336 e. The van der Waals surface area contributed by atoms with Gasteiger partial charge in [-0.3, -0.25) is 4.90 Å². The highest BCUT2D eigenvalue weighted by Crippen LogP contribution is 2.40. The van der Waals surface area contributed by atoms with Crippen LogP contribution >= 0.6 is 11.6 Å². The minimum Gasteiger partial charge on any atom is -0.476 e. The standard InChI is InChI=1S/C18H20ClNO3/c1-11-7-16(21)23-17-13(11)8-15(19)18-14(17)9-20(10-22-18)12-5-3-2-4-6-12/h7-8,12H,2-6,9-10H2,1H3. The molecule has 0 radical (unpaired) electrons. The second-order valence-corrected chi connectivity index (χ2v) is 7.01. The van der Waals surface area contributed by atoms with Crippen molar-refractivity contribution in [1.29, 1.82) is 0 Å². The van der Waals surface area contributed by atoms with Gasteiger partial charge in [0.05, 0.1) is 10.6 Å². The number of rotatable bonds is 1. The predicted octanol–water partition coefficient (Wildman–Crippen LogP) is 4.24. The molecule has 2 heterocycles. The molecule has 0 saturated heterocycles. The number of benzene rings is 1. The summed E-state index contributed by atoms with van der Waals surface area (Å²) in [5, 5.41) is 1.48. The number of hydrogen-bond acceptors (Lipinski definition) is 4. The van der Waals surface area contributed by atoms with Gasteiger partial charge in [-0.1, -0.05) is 30.9 Å². The highest BCUT2D eigenvalue weighted by Gasteiger charge is 2.29. The molecule has 1 aliphatic carbocycles. The molecule has 2 aromatic rings. The molecule has 23 heavy (non-hydrogen) atoms. The van der Waals surface area contributed by atoms with Crippen molar-refractivity contribution in [1.82, 2.24) is 4.90 Å². The zero-order valence-corrected chi connectivity index (χ0v) is 14.0. The number of halogens is 1. The van der Waals surface area contributed by atoms with Crippen molar-refractivity contribution in [2.45, 2.75) is 51.6 Å². The molecule has 4 rings (SSSR count). The molecule has 0 unspecified atom stereocenters. The first kappa shape index (κ1) is 15.0. The van der Waals surface area contributed by atoms with Gasteiger partial charge in [0.2, 0.25) is 0 Å². The van der Waals surface area contributed by atoms with Gasteiger partial charge in [-0.05, 0) is 31.4 Å². The van der Waals surface area contributed by atoms with Crippen LogP contribution in [0.4, 0.5) is 0 Å². The van der Waals surface area contributed by atoms with Crippen LogP contribution in [0, 0.1) is 6.92 Å². The van der Waals surface area contributed by atoms with Crippen molar-refractivity contribution < 1.29 is 9.15 Å². The lowest BCUT2D eigenvalue weighted by molar-refractivity contribution is 0.0406. The Morgan fingerprint density at radius 3 is 2.78 bits per heavy atom. The molecule has 1 aromatic carbocycles. The van der Waals surface area contributed by atoms with Crippen LogP contribution in [0.5, 0.6) is 5.75 Å². The van der Waals surface area contributed by atoms with Crippen molar-refractivity contribution in [3.05, 3.63) is 38.7 Å². The molecule has 122 valence electrons. The van der Waals surface area contributed by atoms with E-state index >= 15 is 0 Å². The SMILES string of the molecule is Cc1cc(=O)oc2c3c(c(Cl)cc12)OCN(C1CCCCC1)C3. The molecule has 5 heteroatoms. The Balaban J connectivity index is 1.80. The van der Waals surface area contributed by atoms with Crippen LogP contribution in [0.2, 0.25) is 5.02 Å². The van der Waals surface area contributed by atoms with Gasteiger partial charge in [0.15, 0.2) is 0 Å². The summed E-state index contributed by atoms with van der Waals surface area (Å²) in [6, 6.07) is 3.89. The normalized spacial score (nSPS) is 19.6. The van der Waals surface area contributed by atoms with Gasteiger partial charge in [0.25, 0.3) is 0 Å². The number of ether oxygens (including phenoxy) is 1. The summed E-state index contributed by atoms with van der Waals surface area (Å²) in [5.41, 5.74) is 2.09. The highest BCUT2D eigenvalue weighted by molar-refractivity contribution is 6.33. The predicted molar refractivity (Wildman–Crippen MR) is 90.1 cm³/mol. The first-order valence-corrected chi connectivity index (χ1v) is 8.64. The van der Waals surface area contributed by atoms with Crippen LogP contribution < -0.4 is 10.4 Å². The summed E-state index contributed by atoms with van der Waals surface area (Å²) in [7, 11) is 0. The van der Waals surface area contributed by atoms with E-state index in [1.54, 1.807) is 0 Å². The molecule has 0 bridgehead atoms. The molecule has 0 atom stereocenters. The summed E-state index contributed by atoms with van der Waals surface area (Å²) in [6.07, 6.45) is 6.29. The minimum atomic E-state index is -0.325. The van der Waals surface area contributed by atoms with Gasteiger partial charge in [-0.15, -0.1) is 0 Å². The van der Waals surface area contributed by atoms with Crippen molar-refractivity contribution in [3.8, 4) is 5.75 Å². The van der Waals surface area contributed by atoms with Crippen molar-refractivity contribution in [2.75, 3.05) is 6.73 Å². The molecular formula is C18H20ClNO3. The monoisotopic (exact) mass is 333 g/mol. The summed E-state index contributed by atoms with van der Waals surface area (Å²) < 4.78 is 11.5. The summed E-state index contributed by atoms with van der Waals surface area (Å²) in [4.78, 5) is 14.2. The van der Waals surface area contributed by atoms with Gasteiger partial charge in [0.1, 0.15) is 18.1 Å². The topological polar surface area (TPSA) is 42.7 Å². The number of fused-ring (bicyclic) bond motifs is 3. The first-order valence-electron chi connectivity index (χ1n) is 8.26. The third-order valence-electron chi connectivity index (χ3n) is 5.07. The third-order valence-corrected chi connectivity index (χ3v) is 5.35. The molecular weight excluding hydrogens is 314 g/mol. The van der Waals surface area contributed by atoms with Crippen LogP contribution in [-0.2, 0) is 6.54 Å². The lowest BCUT2D eigenvalue weighted by atomic mass is 9.93. The molecule has 2 aliphatic rings. The molecule has 0 amide bonds. The van der Waals surface area contributed by atoms with E-state index in [0.717, 1.165) is 23.1 Å². The second kappa shape index (κ2) is 5.84. The number of hydrogen-bond donors (Lipinski definition) is 0. The average molecular weight is 334 g/mol. The third kappa shape index (κ3) is 2.64. The fourth-order valence-corrected chi connectivity index (χ4v) is 4.12. The number of aryl methyl sites for hydroxylation is 1. The molecule has 1 aromatic heterocycles. The molecule has 1 fully saturated rings. The Morgan fingerprint density at radius 2 is 2.00 bits per heavy atom. The van der Waals surface area contributed by atoms with Gasteiger partial charge in [-0.2, -0.15) is 0 Å². The van der Waals surface area contributed by atoms with E-state index in [2.05, 4.69) is 4.90 Å². The average Bonchev–Trinajstić information content (AvgIpc) is 2.57. The maximum atomic E-state index is 11.8. The van der Waals surface area contributed by atoms with E-state index < -0.39 is 0 Å². The Kier molecular flexibility index (Phi) is 3.82. The second-order valence-electron chi connectivity index (χ2n) is 6.60. The summed E-state index contributed by atoms with van der Waals surface area (Å²) in [5.74, 6) is 0.667. The molecule has 0 spiro atoms. The highest BCUT2D eigenvalue weighted by atomic mass is 35.5. The lowest BCUT2D eigenvalue weighted by Gasteiger charge is -2.37. The zero-order valence-electron chi connectivity index (χ0n) is 13.2. The van der Waals surface area contributed by atoms with Crippen LogP contribution in [0.3, 0.4) is 0 Å². The molecule has 1 aliphatic heterocycles. The fourth-order valence-electron chi connectivity index (χ4n) is 3.84. The Bertz CT molecular complexity index is 808. The fraction of sp³-hybridized carbons (Fsp3) is 0.500. The summed E-state index contributed by atoms with van der Waals surface area (Å²) >= 11 is 6.40. The van der Waals surface area contributed by atoms with E-state index in [-0.39, 0.29) is 5.63 Å². The van der Waals surface area contributed by atoms with E-state index in [1.165, 1.54) is 38.2 Å². The Morgan fingerprint density at radius 1 is 1.22 bits per heavy atom. The van der Waals surface area contributed by atoms with Gasteiger partial charge >= 0.3 is 5.63 Å². The molecule has 1 saturated carbocycles. The van der Waals surface area contributed by atoms with Crippen molar-refractivity contribution in [2.24, 2.45) is 0 Å². The molecule has 0 N–H and O–H groups in total. The quantitative estimate of drug-likeness (QED) is 0.732. The largest absolute Gasteiger partial charge is 0.476 e. The van der Waals surface area contributed by atoms with Crippen LogP contribution in [-0.4, -0.2) is 17.7 Å².